The highest BCUT2D eigenvalue weighted by atomic mass is 16.7. The van der Waals surface area contributed by atoms with Crippen LogP contribution in [0.5, 0.6) is 0 Å². The number of carboxylic acids is 1. The van der Waals surface area contributed by atoms with Gasteiger partial charge in [0.25, 0.3) is 0 Å². The molecule has 0 bridgehead atoms. The van der Waals surface area contributed by atoms with Crippen molar-refractivity contribution in [2.45, 2.75) is 6.92 Å². The molecule has 92 valence electrons. The van der Waals surface area contributed by atoms with E-state index >= 15 is 0 Å². The van der Waals surface area contributed by atoms with Crippen LogP contribution in [0.25, 0.3) is 0 Å². The minimum absolute atomic E-state index is 0.0318. The average Bonchev–Trinajstić information content (AvgIpc) is 2.24. The van der Waals surface area contributed by atoms with E-state index in [0.29, 0.717) is 0 Å². The van der Waals surface area contributed by atoms with Gasteiger partial charge in [0, 0.05) is 5.57 Å². The van der Waals surface area contributed by atoms with Gasteiger partial charge in [-0.3, -0.25) is 0 Å². The summed E-state index contributed by atoms with van der Waals surface area (Å²) in [6.45, 7) is 7.84. The van der Waals surface area contributed by atoms with Crippen LogP contribution in [-0.2, 0) is 14.3 Å². The molecule has 6 nitrogen and oxygen atoms in total. The number of aliphatic hydroxyl groups is 1. The number of aliphatic carboxylic acids is 1. The number of carboxylic acid groups (broad SMARTS) is 1. The van der Waals surface area contributed by atoms with Gasteiger partial charge in [0.15, 0.2) is 0 Å². The van der Waals surface area contributed by atoms with Gasteiger partial charge >= 0.3 is 12.1 Å². The predicted octanol–water partition coefficient (Wildman–Crippen LogP) is 0.965. The summed E-state index contributed by atoms with van der Waals surface area (Å²) < 4.78 is 8.74. The summed E-state index contributed by atoms with van der Waals surface area (Å²) in [6, 6.07) is 0. The first-order valence-corrected chi connectivity index (χ1v) is 4.35. The van der Waals surface area contributed by atoms with Crippen molar-refractivity contribution in [3.63, 3.8) is 0 Å². The summed E-state index contributed by atoms with van der Waals surface area (Å²) in [7, 11) is 0. The Morgan fingerprint density at radius 3 is 2.19 bits per heavy atom. The van der Waals surface area contributed by atoms with E-state index in [2.05, 4.69) is 22.6 Å². The topological polar surface area (TPSA) is 93.1 Å². The molecule has 16 heavy (non-hydrogen) atoms. The summed E-state index contributed by atoms with van der Waals surface area (Å²) in [6.07, 6.45) is 0.647. The molecule has 0 unspecified atom stereocenters. The lowest BCUT2D eigenvalue weighted by Gasteiger charge is -2.00. The Balaban J connectivity index is 0. The molecule has 0 saturated carbocycles. The molecular formula is C10H16O6. The minimum atomic E-state index is -0.935. The lowest BCUT2D eigenvalue weighted by molar-refractivity contribution is -0.132. The Morgan fingerprint density at radius 1 is 1.38 bits per heavy atom. The third-order valence-electron chi connectivity index (χ3n) is 0.995. The van der Waals surface area contributed by atoms with Gasteiger partial charge < -0.3 is 19.7 Å². The van der Waals surface area contributed by atoms with E-state index in [4.69, 9.17) is 10.2 Å². The first-order valence-electron chi connectivity index (χ1n) is 4.35. The quantitative estimate of drug-likeness (QED) is 0.416. The molecular weight excluding hydrogens is 216 g/mol. The van der Waals surface area contributed by atoms with Crippen LogP contribution in [0.2, 0.25) is 0 Å². The molecule has 0 aromatic carbocycles. The van der Waals surface area contributed by atoms with E-state index in [0.717, 1.165) is 0 Å². The number of hydrogen-bond donors (Lipinski definition) is 2. The zero-order chi connectivity index (χ0) is 13.0. The Morgan fingerprint density at radius 2 is 1.88 bits per heavy atom. The van der Waals surface area contributed by atoms with Crippen molar-refractivity contribution in [3.05, 3.63) is 24.8 Å². The number of rotatable bonds is 5. The molecule has 0 atom stereocenters. The van der Waals surface area contributed by atoms with Crippen molar-refractivity contribution < 1.29 is 29.3 Å². The predicted molar refractivity (Wildman–Crippen MR) is 57.0 cm³/mol. The molecule has 0 rings (SSSR count). The first-order chi connectivity index (χ1) is 7.45. The van der Waals surface area contributed by atoms with Gasteiger partial charge in [-0.1, -0.05) is 19.2 Å². The van der Waals surface area contributed by atoms with Gasteiger partial charge in [-0.15, -0.1) is 0 Å². The number of ether oxygens (including phenoxy) is 2. The monoisotopic (exact) mass is 232 g/mol. The molecule has 0 amide bonds. The highest BCUT2D eigenvalue weighted by Crippen LogP contribution is 1.83. The van der Waals surface area contributed by atoms with Crippen LogP contribution < -0.4 is 0 Å². The highest BCUT2D eigenvalue weighted by Gasteiger charge is 1.99. The molecule has 0 aliphatic heterocycles. The van der Waals surface area contributed by atoms with Crippen molar-refractivity contribution in [2.24, 2.45) is 0 Å². The second-order valence-electron chi connectivity index (χ2n) is 2.51. The SMILES string of the molecule is C=C(C)C(=O)O.C=CCOC(=O)OCCO. The van der Waals surface area contributed by atoms with Crippen LogP contribution in [0.3, 0.4) is 0 Å². The van der Waals surface area contributed by atoms with Crippen LogP contribution in [0.15, 0.2) is 24.8 Å². The van der Waals surface area contributed by atoms with E-state index in [9.17, 15) is 9.59 Å². The number of carbonyl (C=O) groups is 2. The standard InChI is InChI=1S/C6H10O4.C4H6O2/c1-2-4-9-6(8)10-5-3-7;1-3(2)4(5)6/h2,7H,1,3-5H2;1H2,2H3,(H,5,6). The van der Waals surface area contributed by atoms with Crippen LogP contribution >= 0.6 is 0 Å². The van der Waals surface area contributed by atoms with Crippen LogP contribution in [-0.4, -0.2) is 42.2 Å². The van der Waals surface area contributed by atoms with E-state index in [1.54, 1.807) is 0 Å². The number of aliphatic hydroxyl groups excluding tert-OH is 1. The van der Waals surface area contributed by atoms with Crippen LogP contribution in [0, 0.1) is 0 Å². The Hall–Kier alpha value is -1.82. The van der Waals surface area contributed by atoms with Gasteiger partial charge in [0.2, 0.25) is 0 Å². The third kappa shape index (κ3) is 14.7. The largest absolute Gasteiger partial charge is 0.508 e. The van der Waals surface area contributed by atoms with E-state index in [-0.39, 0.29) is 25.4 Å². The van der Waals surface area contributed by atoms with E-state index in [1.807, 2.05) is 0 Å². The maximum Gasteiger partial charge on any atom is 0.508 e. The maximum absolute atomic E-state index is 10.4. The van der Waals surface area contributed by atoms with Crippen molar-refractivity contribution >= 4 is 12.1 Å². The zero-order valence-corrected chi connectivity index (χ0v) is 9.14. The fraction of sp³-hybridized carbons (Fsp3) is 0.400. The Bertz CT molecular complexity index is 234. The normalized spacial score (nSPS) is 8.12. The zero-order valence-electron chi connectivity index (χ0n) is 9.14. The summed E-state index contributed by atoms with van der Waals surface area (Å²) in [4.78, 5) is 20.0. The summed E-state index contributed by atoms with van der Waals surface area (Å²) in [5, 5.41) is 16.1. The molecule has 0 aliphatic rings. The van der Waals surface area contributed by atoms with Gasteiger partial charge in [0.1, 0.15) is 13.2 Å². The second kappa shape index (κ2) is 11.3. The van der Waals surface area contributed by atoms with Gasteiger partial charge in [-0.05, 0) is 6.92 Å². The molecule has 0 saturated heterocycles. The maximum atomic E-state index is 10.4. The molecule has 0 aromatic heterocycles. The molecule has 6 heteroatoms. The number of carbonyl (C=O) groups excluding carboxylic acids is 1. The van der Waals surface area contributed by atoms with Gasteiger partial charge in [0.05, 0.1) is 6.61 Å². The number of hydrogen-bond acceptors (Lipinski definition) is 5. The fourth-order valence-electron chi connectivity index (χ4n) is 0.298. The minimum Gasteiger partial charge on any atom is -0.478 e. The summed E-state index contributed by atoms with van der Waals surface area (Å²) in [5.74, 6) is -0.935. The Labute approximate surface area is 93.8 Å². The van der Waals surface area contributed by atoms with Crippen LogP contribution in [0.4, 0.5) is 4.79 Å². The fourth-order valence-corrected chi connectivity index (χ4v) is 0.298. The second-order valence-corrected chi connectivity index (χ2v) is 2.51. The molecule has 2 N–H and O–H groups in total. The molecule has 0 radical (unpaired) electrons. The van der Waals surface area contributed by atoms with Crippen LogP contribution in [0.1, 0.15) is 6.92 Å². The van der Waals surface area contributed by atoms with E-state index in [1.165, 1.54) is 13.0 Å². The lowest BCUT2D eigenvalue weighted by Crippen LogP contribution is -2.10. The summed E-state index contributed by atoms with van der Waals surface area (Å²) in [5.41, 5.74) is 0.176. The van der Waals surface area contributed by atoms with Gasteiger partial charge in [-0.2, -0.15) is 0 Å². The lowest BCUT2D eigenvalue weighted by atomic mass is 10.4. The van der Waals surface area contributed by atoms with Crippen molar-refractivity contribution in [3.8, 4) is 0 Å². The molecule has 0 fully saturated rings. The van der Waals surface area contributed by atoms with Crippen molar-refractivity contribution in [2.75, 3.05) is 19.8 Å². The summed E-state index contributed by atoms with van der Waals surface area (Å²) >= 11 is 0. The third-order valence-corrected chi connectivity index (χ3v) is 0.995. The van der Waals surface area contributed by atoms with Gasteiger partial charge in [-0.25, -0.2) is 9.59 Å². The Kier molecular flexibility index (Phi) is 11.7. The molecule has 0 aliphatic carbocycles. The van der Waals surface area contributed by atoms with E-state index < -0.39 is 12.1 Å². The smallest absolute Gasteiger partial charge is 0.478 e. The molecule has 0 heterocycles. The van der Waals surface area contributed by atoms with Crippen molar-refractivity contribution in [1.82, 2.24) is 0 Å². The molecule has 0 spiro atoms. The highest BCUT2D eigenvalue weighted by molar-refractivity contribution is 5.84. The average molecular weight is 232 g/mol. The van der Waals surface area contributed by atoms with Crippen molar-refractivity contribution in [1.29, 1.82) is 0 Å². The molecule has 0 aromatic rings. The first kappa shape index (κ1) is 16.6.